The molecule has 0 spiro atoms. The fourth-order valence-corrected chi connectivity index (χ4v) is 1.01. The van der Waals surface area contributed by atoms with Gasteiger partial charge in [0.25, 0.3) is 0 Å². The Hall–Kier alpha value is -0.824. The second-order valence-corrected chi connectivity index (χ2v) is 2.40. The van der Waals surface area contributed by atoms with Crippen LogP contribution in [0.3, 0.4) is 0 Å². The molecule has 11 nitrogen and oxygen atoms in total. The molecule has 1 aliphatic heterocycles. The first kappa shape index (κ1) is 15.2. The average Bonchev–Trinajstić information content (AvgIpc) is 2.51. The van der Waals surface area contributed by atoms with Crippen molar-refractivity contribution in [2.75, 3.05) is 13.1 Å². The zero-order chi connectivity index (χ0) is 11.6. The van der Waals surface area contributed by atoms with Crippen LogP contribution in [0.4, 0.5) is 0 Å². The van der Waals surface area contributed by atoms with Crippen molar-refractivity contribution in [3.05, 3.63) is 47.3 Å². The predicted molar refractivity (Wildman–Crippen MR) is 42.9 cm³/mol. The van der Waals surface area contributed by atoms with Crippen molar-refractivity contribution < 1.29 is 66.3 Å². The topological polar surface area (TPSA) is 147 Å². The van der Waals surface area contributed by atoms with Crippen molar-refractivity contribution in [1.29, 1.82) is 0 Å². The van der Waals surface area contributed by atoms with Crippen molar-refractivity contribution in [3.63, 3.8) is 0 Å². The molecule has 0 aromatic carbocycles. The summed E-state index contributed by atoms with van der Waals surface area (Å²) < 4.78 is 0. The molecule has 0 aromatic rings. The Kier molecular flexibility index (Phi) is 5.73. The summed E-state index contributed by atoms with van der Waals surface area (Å²) in [7, 11) is 0. The minimum Gasteiger partial charge on any atom is -0.449 e. The van der Waals surface area contributed by atoms with E-state index in [2.05, 4.69) is 5.32 Å². The Bertz CT molecular complexity index is 352. The number of hydrogen-bond acceptors (Lipinski definition) is 6. The first-order valence-electron chi connectivity index (χ1n) is 3.57. The molecular formula is C4H4KN5O6. The Labute approximate surface area is 130 Å². The van der Waals surface area contributed by atoms with E-state index in [0.717, 1.165) is 0 Å². The van der Waals surface area contributed by atoms with Gasteiger partial charge in [0.1, 0.15) is 9.85 Å². The van der Waals surface area contributed by atoms with E-state index in [9.17, 15) is 30.3 Å². The molecule has 0 N–H and O–H groups in total. The van der Waals surface area contributed by atoms with Crippen molar-refractivity contribution in [1.82, 2.24) is 5.01 Å². The molecule has 0 aromatic heterocycles. The molecule has 16 heavy (non-hydrogen) atoms. The van der Waals surface area contributed by atoms with Crippen LogP contribution >= 0.6 is 0 Å². The Morgan fingerprint density at radius 1 is 1.19 bits per heavy atom. The Morgan fingerprint density at radius 2 is 1.69 bits per heavy atom. The molecule has 1 rings (SSSR count). The number of hydrogen-bond donors (Lipinski definition) is 0. The fourth-order valence-electron chi connectivity index (χ4n) is 1.01. The van der Waals surface area contributed by atoms with Crippen LogP contribution in [0.5, 0.6) is 0 Å². The molecule has 0 amide bonds. The molecular weight excluding hydrogens is 253 g/mol. The fraction of sp³-hybridized carbons (Fsp3) is 0.500. The monoisotopic (exact) mass is 257 g/mol. The first-order chi connectivity index (χ1) is 6.95. The summed E-state index contributed by atoms with van der Waals surface area (Å²) in [6.45, 7) is -0.297. The number of nitrogens with zero attached hydrogens (tertiary/aromatic N) is 5. The van der Waals surface area contributed by atoms with Gasteiger partial charge in [-0.25, -0.2) is 0 Å². The van der Waals surface area contributed by atoms with Crippen molar-refractivity contribution >= 4 is 0 Å². The molecule has 0 aliphatic carbocycles. The Balaban J connectivity index is 0.00000225. The van der Waals surface area contributed by atoms with Gasteiger partial charge in [-0.3, -0.25) is 30.3 Å². The van der Waals surface area contributed by atoms with Crippen LogP contribution in [0.15, 0.2) is 11.6 Å². The summed E-state index contributed by atoms with van der Waals surface area (Å²) in [6.07, 6.45) is 0. The van der Waals surface area contributed by atoms with Gasteiger partial charge in [-0.15, -0.1) is 0 Å². The molecule has 0 atom stereocenters. The van der Waals surface area contributed by atoms with Crippen LogP contribution in [-0.2, 0) is 0 Å². The predicted octanol–water partition coefficient (Wildman–Crippen LogP) is -3.45. The second kappa shape index (κ2) is 6.05. The number of hydrazine groups is 1. The van der Waals surface area contributed by atoms with Crippen LogP contribution in [0.25, 0.3) is 5.32 Å². The van der Waals surface area contributed by atoms with Gasteiger partial charge >= 0.3 is 57.2 Å². The van der Waals surface area contributed by atoms with Crippen molar-refractivity contribution in [3.8, 4) is 0 Å². The van der Waals surface area contributed by atoms with Crippen LogP contribution < -0.4 is 51.4 Å². The minimum absolute atomic E-state index is 0. The van der Waals surface area contributed by atoms with Gasteiger partial charge in [0.2, 0.25) is 0 Å². The van der Waals surface area contributed by atoms with E-state index in [0.29, 0.717) is 0 Å². The molecule has 0 bridgehead atoms. The maximum Gasteiger partial charge on any atom is 1.00 e. The number of rotatable bonds is 3. The Morgan fingerprint density at radius 3 is 2.06 bits per heavy atom. The first-order valence-corrected chi connectivity index (χ1v) is 3.57. The quantitative estimate of drug-likeness (QED) is 0.290. The van der Waals surface area contributed by atoms with E-state index >= 15 is 0 Å². The van der Waals surface area contributed by atoms with Crippen LogP contribution in [-0.4, -0.2) is 33.0 Å². The van der Waals surface area contributed by atoms with E-state index in [1.807, 2.05) is 0 Å². The molecule has 0 unspecified atom stereocenters. The second-order valence-electron chi connectivity index (χ2n) is 2.40. The maximum atomic E-state index is 10.4. The third-order valence-corrected chi connectivity index (χ3v) is 1.56. The summed E-state index contributed by atoms with van der Waals surface area (Å²) in [4.78, 5) is 28.3. The van der Waals surface area contributed by atoms with Gasteiger partial charge in [-0.05, 0) is 6.54 Å². The van der Waals surface area contributed by atoms with Crippen LogP contribution in [0, 0.1) is 30.3 Å². The number of nitro groups is 3. The normalized spacial score (nSPS) is 13.8. The van der Waals surface area contributed by atoms with Crippen molar-refractivity contribution in [2.24, 2.45) is 0 Å². The largest absolute Gasteiger partial charge is 1.00 e. The molecule has 1 aliphatic rings. The maximum absolute atomic E-state index is 10.4. The van der Waals surface area contributed by atoms with E-state index in [1.165, 1.54) is 0 Å². The molecule has 12 heteroatoms. The van der Waals surface area contributed by atoms with Gasteiger partial charge in [0, 0.05) is 6.54 Å². The molecule has 1 saturated heterocycles. The van der Waals surface area contributed by atoms with Gasteiger partial charge in [0.05, 0.1) is 5.03 Å². The van der Waals surface area contributed by atoms with E-state index < -0.39 is 26.5 Å². The summed E-state index contributed by atoms with van der Waals surface area (Å²) in [6, 6.07) is 0. The van der Waals surface area contributed by atoms with Crippen molar-refractivity contribution in [2.45, 2.75) is 0 Å². The third kappa shape index (κ3) is 3.08. The van der Waals surface area contributed by atoms with Gasteiger partial charge < -0.3 is 5.32 Å². The smallest absolute Gasteiger partial charge is 0.449 e. The van der Waals surface area contributed by atoms with Gasteiger partial charge in [0.15, 0.2) is 5.82 Å². The van der Waals surface area contributed by atoms with Crippen LogP contribution in [0.1, 0.15) is 0 Å². The summed E-state index contributed by atoms with van der Waals surface area (Å²) >= 11 is 0. The van der Waals surface area contributed by atoms with Gasteiger partial charge in [-0.2, -0.15) is 5.01 Å². The van der Waals surface area contributed by atoms with E-state index in [4.69, 9.17) is 0 Å². The summed E-state index contributed by atoms with van der Waals surface area (Å²) in [5.41, 5.74) is 0. The summed E-state index contributed by atoms with van der Waals surface area (Å²) in [5.74, 6) is -2.31. The zero-order valence-electron chi connectivity index (χ0n) is 8.10. The third-order valence-electron chi connectivity index (χ3n) is 1.56. The molecule has 1 fully saturated rings. The average molecular weight is 257 g/mol. The molecule has 1 heterocycles. The molecule has 0 saturated carbocycles. The molecule has 0 radical (unpaired) electrons. The SMILES string of the molecule is O=[N+]([O-])C(=C1[N-]CCN1[N+](=O)[O-])[N+](=O)[O-].[K+]. The van der Waals surface area contributed by atoms with Crippen LogP contribution in [0.2, 0.25) is 0 Å². The minimum atomic E-state index is -1.48. The summed E-state index contributed by atoms with van der Waals surface area (Å²) in [5, 5.41) is 33.6. The van der Waals surface area contributed by atoms with Gasteiger partial charge in [-0.1, -0.05) is 0 Å². The molecule has 82 valence electrons. The van der Waals surface area contributed by atoms with E-state index in [1.54, 1.807) is 0 Å². The zero-order valence-corrected chi connectivity index (χ0v) is 11.2. The van der Waals surface area contributed by atoms with E-state index in [-0.39, 0.29) is 69.5 Å². The standard InChI is InChI=1S/C4H4N5O6.K/c10-7(11)4(8(12)13)3-5-1-2-6(3)9(14)15;/h1-2H2;/q-1;+1.